The zero-order chi connectivity index (χ0) is 4.83. The number of hydrogen-bond donors (Lipinski definition) is 0. The molecule has 6 heavy (non-hydrogen) atoms. The van der Waals surface area contributed by atoms with Crippen molar-refractivity contribution in [2.45, 2.75) is 6.92 Å². The van der Waals surface area contributed by atoms with Gasteiger partial charge in [0.2, 0.25) is 0 Å². The fraction of sp³-hybridized carbons (Fsp3) is 0.200. The van der Waals surface area contributed by atoms with Gasteiger partial charge in [0.05, 0.1) is 6.26 Å². The first-order valence-corrected chi connectivity index (χ1v) is 1.60. The number of hydrogen-bond acceptors (Lipinski definition) is 1. The van der Waals surface area contributed by atoms with Crippen molar-refractivity contribution < 1.29 is 4.74 Å². The van der Waals surface area contributed by atoms with E-state index in [0.717, 1.165) is 0 Å². The fourth-order valence-corrected chi connectivity index (χ4v) is 0.101. The van der Waals surface area contributed by atoms with Crippen LogP contribution in [0.3, 0.4) is 0 Å². The van der Waals surface area contributed by atoms with Crippen molar-refractivity contribution in [3.05, 3.63) is 12.8 Å². The second kappa shape index (κ2) is 4.10. The van der Waals surface area contributed by atoms with Crippen LogP contribution < -0.4 is 0 Å². The van der Waals surface area contributed by atoms with Crippen molar-refractivity contribution >= 4 is 0 Å². The molecule has 0 bridgehead atoms. The van der Waals surface area contributed by atoms with E-state index in [1.54, 1.807) is 6.92 Å². The molecule has 0 rings (SSSR count). The molecule has 0 heterocycles. The third-order valence-corrected chi connectivity index (χ3v) is 0.244. The summed E-state index contributed by atoms with van der Waals surface area (Å²) in [4.78, 5) is 0. The van der Waals surface area contributed by atoms with Gasteiger partial charge in [0, 0.05) is 6.92 Å². The summed E-state index contributed by atoms with van der Waals surface area (Å²) in [7, 11) is 0. The van der Waals surface area contributed by atoms with Gasteiger partial charge >= 0.3 is 0 Å². The van der Waals surface area contributed by atoms with Crippen LogP contribution in [0.1, 0.15) is 6.92 Å². The second-order valence-corrected chi connectivity index (χ2v) is 0.637. The van der Waals surface area contributed by atoms with E-state index in [4.69, 9.17) is 0 Å². The molecule has 0 N–H and O–H groups in total. The van der Waals surface area contributed by atoms with Crippen molar-refractivity contribution in [3.8, 4) is 12.0 Å². The highest BCUT2D eigenvalue weighted by Gasteiger charge is 1.50. The maximum atomic E-state index is 4.39. The van der Waals surface area contributed by atoms with E-state index in [0.29, 0.717) is 0 Å². The molecule has 0 amide bonds. The Morgan fingerprint density at radius 2 is 2.50 bits per heavy atom. The Balaban J connectivity index is 3.00. The Hall–Kier alpha value is -0.900. The second-order valence-electron chi connectivity index (χ2n) is 0.637. The van der Waals surface area contributed by atoms with Crippen LogP contribution in [0.15, 0.2) is 12.8 Å². The maximum Gasteiger partial charge on any atom is 0.115 e. The molecule has 0 aromatic carbocycles. The lowest BCUT2D eigenvalue weighted by molar-refractivity contribution is 0.442. The summed E-state index contributed by atoms with van der Waals surface area (Å²) < 4.78 is 4.39. The van der Waals surface area contributed by atoms with E-state index in [9.17, 15) is 0 Å². The Morgan fingerprint density at radius 1 is 1.83 bits per heavy atom. The molecule has 0 radical (unpaired) electrons. The summed E-state index contributed by atoms with van der Waals surface area (Å²) in [6.45, 7) is 4.97. The lowest BCUT2D eigenvalue weighted by atomic mass is 10.8. The zero-order valence-electron chi connectivity index (χ0n) is 3.69. The van der Waals surface area contributed by atoms with Gasteiger partial charge < -0.3 is 4.74 Å². The van der Waals surface area contributed by atoms with Gasteiger partial charge in [0.1, 0.15) is 6.11 Å². The minimum Gasteiger partial charge on any atom is -0.416 e. The molecule has 0 unspecified atom stereocenters. The van der Waals surface area contributed by atoms with Crippen molar-refractivity contribution in [3.63, 3.8) is 0 Å². The van der Waals surface area contributed by atoms with Crippen molar-refractivity contribution in [2.24, 2.45) is 0 Å². The Labute approximate surface area is 37.6 Å². The fourth-order valence-electron chi connectivity index (χ4n) is 0.101. The topological polar surface area (TPSA) is 9.23 Å². The van der Waals surface area contributed by atoms with Gasteiger partial charge in [-0.1, -0.05) is 12.5 Å². The predicted molar refractivity (Wildman–Crippen MR) is 24.7 cm³/mol. The molecule has 0 aromatic heterocycles. The molecule has 0 aliphatic heterocycles. The van der Waals surface area contributed by atoms with Crippen LogP contribution in [0.5, 0.6) is 0 Å². The summed E-state index contributed by atoms with van der Waals surface area (Å²) in [5, 5.41) is 0. The van der Waals surface area contributed by atoms with E-state index in [-0.39, 0.29) is 0 Å². The minimum atomic E-state index is 1.29. The van der Waals surface area contributed by atoms with Gasteiger partial charge in [0.15, 0.2) is 0 Å². The highest BCUT2D eigenvalue weighted by Crippen LogP contribution is 1.62. The molecule has 0 fully saturated rings. The summed E-state index contributed by atoms with van der Waals surface area (Å²) in [5.74, 6) is 2.53. The van der Waals surface area contributed by atoms with E-state index in [1.807, 2.05) is 0 Å². The molecule has 32 valence electrons. The van der Waals surface area contributed by atoms with Gasteiger partial charge in [-0.3, -0.25) is 0 Å². The van der Waals surface area contributed by atoms with Gasteiger partial charge in [-0.25, -0.2) is 0 Å². The van der Waals surface area contributed by atoms with Crippen molar-refractivity contribution in [2.75, 3.05) is 0 Å². The average molecular weight is 82.1 g/mol. The molecule has 0 atom stereocenters. The van der Waals surface area contributed by atoms with E-state index in [2.05, 4.69) is 23.3 Å². The number of ether oxygens (including phenoxy) is 1. The average Bonchev–Trinajstić information content (AvgIpc) is 1.61. The third-order valence-electron chi connectivity index (χ3n) is 0.244. The Kier molecular flexibility index (Phi) is 3.48. The maximum absolute atomic E-state index is 4.39. The van der Waals surface area contributed by atoms with Crippen LogP contribution in [0, 0.1) is 12.0 Å². The smallest absolute Gasteiger partial charge is 0.115 e. The van der Waals surface area contributed by atoms with E-state index in [1.165, 1.54) is 6.26 Å². The Morgan fingerprint density at radius 3 is 2.67 bits per heavy atom. The largest absolute Gasteiger partial charge is 0.416 e. The first-order valence-electron chi connectivity index (χ1n) is 1.60. The van der Waals surface area contributed by atoms with Gasteiger partial charge in [-0.2, -0.15) is 0 Å². The lowest BCUT2D eigenvalue weighted by Crippen LogP contribution is -1.57. The molecule has 1 heteroatoms. The summed E-state index contributed by atoms with van der Waals surface area (Å²) in [6, 6.07) is 0. The normalized spacial score (nSPS) is 4.83. The molecule has 0 aliphatic rings. The van der Waals surface area contributed by atoms with Crippen LogP contribution >= 0.6 is 0 Å². The Bertz CT molecular complexity index is 83.8. The van der Waals surface area contributed by atoms with Crippen LogP contribution in [-0.4, -0.2) is 0 Å². The molecule has 1 nitrogen and oxygen atoms in total. The summed E-state index contributed by atoms with van der Waals surface area (Å²) in [6.07, 6.45) is 3.62. The van der Waals surface area contributed by atoms with Gasteiger partial charge in [0.25, 0.3) is 0 Å². The molecule has 0 aromatic rings. The third kappa shape index (κ3) is 3.10. The van der Waals surface area contributed by atoms with Gasteiger partial charge in [-0.15, -0.1) is 0 Å². The highest BCUT2D eigenvalue weighted by molar-refractivity contribution is 4.86. The monoisotopic (exact) mass is 82.0 g/mol. The molecular formula is C5H6O. The molecule has 0 saturated carbocycles. The van der Waals surface area contributed by atoms with E-state index >= 15 is 0 Å². The van der Waals surface area contributed by atoms with Crippen LogP contribution in [0.25, 0.3) is 0 Å². The number of rotatable bonds is 1. The summed E-state index contributed by atoms with van der Waals surface area (Å²) >= 11 is 0. The van der Waals surface area contributed by atoms with Crippen molar-refractivity contribution in [1.29, 1.82) is 0 Å². The standard InChI is InChI=1S/C5H6O/c1-3-5-6-4-2/h4H,2H2,1H3. The van der Waals surface area contributed by atoms with Gasteiger partial charge in [-0.05, 0) is 0 Å². The first kappa shape index (κ1) is 5.10. The molecule has 0 saturated heterocycles. The zero-order valence-corrected chi connectivity index (χ0v) is 3.69. The molecule has 0 aliphatic carbocycles. The van der Waals surface area contributed by atoms with Crippen molar-refractivity contribution in [1.82, 2.24) is 0 Å². The molecule has 0 spiro atoms. The molecular weight excluding hydrogens is 76.1 g/mol. The SMILES string of the molecule is C=COC#CC. The van der Waals surface area contributed by atoms with E-state index < -0.39 is 0 Å². The van der Waals surface area contributed by atoms with Crippen LogP contribution in [0.2, 0.25) is 0 Å². The summed E-state index contributed by atoms with van der Waals surface area (Å²) in [5.41, 5.74) is 0. The first-order chi connectivity index (χ1) is 2.91. The highest BCUT2D eigenvalue weighted by atomic mass is 16.5. The minimum absolute atomic E-state index is 1.29. The van der Waals surface area contributed by atoms with Crippen LogP contribution in [-0.2, 0) is 4.74 Å². The lowest BCUT2D eigenvalue weighted by Gasteiger charge is -1.72. The predicted octanol–water partition coefficient (Wildman–Crippen LogP) is 1.13. The quantitative estimate of drug-likeness (QED) is 0.340. The van der Waals surface area contributed by atoms with Crippen LogP contribution in [0.4, 0.5) is 0 Å².